The third kappa shape index (κ3) is 5.75. The van der Waals surface area contributed by atoms with Crippen LogP contribution in [0, 0.1) is 12.8 Å². The molecular weight excluding hydrogens is 242 g/mol. The zero-order valence-corrected chi connectivity index (χ0v) is 11.9. The molecule has 0 aromatic heterocycles. The lowest BCUT2D eigenvalue weighted by Gasteiger charge is -2.09. The number of phenols is 1. The lowest BCUT2D eigenvalue weighted by Crippen LogP contribution is -2.27. The summed E-state index contributed by atoms with van der Waals surface area (Å²) in [5, 5.41) is 12.3. The van der Waals surface area contributed by atoms with Gasteiger partial charge in [0.1, 0.15) is 5.75 Å². The van der Waals surface area contributed by atoms with Crippen LogP contribution in [0.15, 0.2) is 18.2 Å². The number of hydrogen-bond acceptors (Lipinski definition) is 3. The van der Waals surface area contributed by atoms with E-state index in [-0.39, 0.29) is 11.7 Å². The lowest BCUT2D eigenvalue weighted by molar-refractivity contribution is 0.0903. The van der Waals surface area contributed by atoms with Crippen molar-refractivity contribution in [3.63, 3.8) is 0 Å². The highest BCUT2D eigenvalue weighted by Gasteiger charge is 2.10. The van der Waals surface area contributed by atoms with Gasteiger partial charge in [0.15, 0.2) is 0 Å². The molecule has 0 unspecified atom stereocenters. The van der Waals surface area contributed by atoms with E-state index in [1.807, 2.05) is 6.92 Å². The van der Waals surface area contributed by atoms with Crippen molar-refractivity contribution in [2.24, 2.45) is 5.92 Å². The first-order valence-electron chi connectivity index (χ1n) is 6.66. The van der Waals surface area contributed by atoms with Gasteiger partial charge in [-0.15, -0.1) is 0 Å². The molecule has 2 N–H and O–H groups in total. The minimum atomic E-state index is -0.270. The van der Waals surface area contributed by atoms with Gasteiger partial charge < -0.3 is 15.2 Å². The Morgan fingerprint density at radius 3 is 2.79 bits per heavy atom. The first-order valence-corrected chi connectivity index (χ1v) is 6.66. The highest BCUT2D eigenvalue weighted by atomic mass is 16.5. The fourth-order valence-electron chi connectivity index (χ4n) is 1.58. The summed E-state index contributed by atoms with van der Waals surface area (Å²) < 4.78 is 5.41. The molecule has 106 valence electrons. The molecule has 0 aliphatic heterocycles. The summed E-state index contributed by atoms with van der Waals surface area (Å²) in [6, 6.07) is 4.97. The number of aromatic hydroxyl groups is 1. The first kappa shape index (κ1) is 15.5. The minimum Gasteiger partial charge on any atom is -0.507 e. The van der Waals surface area contributed by atoms with Crippen LogP contribution >= 0.6 is 0 Å². The molecule has 0 spiro atoms. The number of aryl methyl sites for hydroxylation is 1. The SMILES string of the molecule is Cc1ccc(O)c(C(=O)NCCOCCC(C)C)c1. The predicted molar refractivity (Wildman–Crippen MR) is 75.5 cm³/mol. The average Bonchev–Trinajstić information content (AvgIpc) is 2.36. The maximum absolute atomic E-state index is 11.8. The number of amides is 1. The summed E-state index contributed by atoms with van der Waals surface area (Å²) in [6.45, 7) is 7.82. The smallest absolute Gasteiger partial charge is 0.255 e. The van der Waals surface area contributed by atoms with Crippen LogP contribution in [0.3, 0.4) is 0 Å². The molecule has 1 aromatic carbocycles. The van der Waals surface area contributed by atoms with Crippen molar-refractivity contribution in [2.45, 2.75) is 27.2 Å². The van der Waals surface area contributed by atoms with E-state index < -0.39 is 0 Å². The van der Waals surface area contributed by atoms with E-state index in [4.69, 9.17) is 4.74 Å². The largest absolute Gasteiger partial charge is 0.507 e. The van der Waals surface area contributed by atoms with Gasteiger partial charge in [-0.2, -0.15) is 0 Å². The number of benzene rings is 1. The Bertz CT molecular complexity index is 416. The molecular formula is C15H23NO3. The summed E-state index contributed by atoms with van der Waals surface area (Å²) >= 11 is 0. The second-order valence-electron chi connectivity index (χ2n) is 5.07. The summed E-state index contributed by atoms with van der Waals surface area (Å²) in [4.78, 5) is 11.8. The van der Waals surface area contributed by atoms with E-state index in [0.717, 1.165) is 12.0 Å². The number of hydrogen-bond donors (Lipinski definition) is 2. The number of ether oxygens (including phenoxy) is 1. The molecule has 0 bridgehead atoms. The zero-order chi connectivity index (χ0) is 14.3. The molecule has 4 nitrogen and oxygen atoms in total. The Morgan fingerprint density at radius 2 is 2.11 bits per heavy atom. The van der Waals surface area contributed by atoms with Crippen molar-refractivity contribution in [3.05, 3.63) is 29.3 Å². The van der Waals surface area contributed by atoms with Gasteiger partial charge in [0.05, 0.1) is 12.2 Å². The second-order valence-corrected chi connectivity index (χ2v) is 5.07. The van der Waals surface area contributed by atoms with Gasteiger partial charge in [0, 0.05) is 13.2 Å². The van der Waals surface area contributed by atoms with Gasteiger partial charge in [0.2, 0.25) is 0 Å². The molecule has 1 amide bonds. The highest BCUT2D eigenvalue weighted by Crippen LogP contribution is 2.17. The Balaban J connectivity index is 2.29. The van der Waals surface area contributed by atoms with Gasteiger partial charge in [0.25, 0.3) is 5.91 Å². The molecule has 19 heavy (non-hydrogen) atoms. The second kappa shape index (κ2) is 7.79. The van der Waals surface area contributed by atoms with Crippen molar-refractivity contribution in [3.8, 4) is 5.75 Å². The molecule has 0 aliphatic rings. The maximum atomic E-state index is 11.8. The van der Waals surface area contributed by atoms with E-state index in [1.54, 1.807) is 12.1 Å². The molecule has 1 aromatic rings. The summed E-state index contributed by atoms with van der Waals surface area (Å²) in [7, 11) is 0. The number of carbonyl (C=O) groups excluding carboxylic acids is 1. The predicted octanol–water partition coefficient (Wildman–Crippen LogP) is 2.49. The average molecular weight is 265 g/mol. The molecule has 0 fully saturated rings. The van der Waals surface area contributed by atoms with E-state index in [0.29, 0.717) is 31.2 Å². The van der Waals surface area contributed by atoms with Gasteiger partial charge in [-0.25, -0.2) is 0 Å². The normalized spacial score (nSPS) is 10.7. The van der Waals surface area contributed by atoms with E-state index in [1.165, 1.54) is 6.07 Å². The molecule has 0 aliphatic carbocycles. The lowest BCUT2D eigenvalue weighted by atomic mass is 10.1. The number of nitrogens with one attached hydrogen (secondary N) is 1. The Kier molecular flexibility index (Phi) is 6.36. The van der Waals surface area contributed by atoms with E-state index in [2.05, 4.69) is 19.2 Å². The molecule has 0 radical (unpaired) electrons. The summed E-state index contributed by atoms with van der Waals surface area (Å²) in [5.41, 5.74) is 1.25. The molecule has 1 rings (SSSR count). The third-order valence-electron chi connectivity index (χ3n) is 2.77. The van der Waals surface area contributed by atoms with E-state index in [9.17, 15) is 9.90 Å². The fourth-order valence-corrected chi connectivity index (χ4v) is 1.58. The third-order valence-corrected chi connectivity index (χ3v) is 2.77. The Labute approximate surface area is 114 Å². The van der Waals surface area contributed by atoms with E-state index >= 15 is 0 Å². The molecule has 4 heteroatoms. The van der Waals surface area contributed by atoms with Gasteiger partial charge in [-0.05, 0) is 31.4 Å². The van der Waals surface area contributed by atoms with Crippen molar-refractivity contribution in [1.29, 1.82) is 0 Å². The molecule has 0 heterocycles. The standard InChI is InChI=1S/C15H23NO3/c1-11(2)6-8-19-9-7-16-15(18)13-10-12(3)4-5-14(13)17/h4-5,10-11,17H,6-9H2,1-3H3,(H,16,18). The summed E-state index contributed by atoms with van der Waals surface area (Å²) in [5.74, 6) is 0.358. The minimum absolute atomic E-state index is 0.00354. The quantitative estimate of drug-likeness (QED) is 0.745. The Hall–Kier alpha value is -1.55. The van der Waals surface area contributed by atoms with Crippen molar-refractivity contribution in [2.75, 3.05) is 19.8 Å². The monoisotopic (exact) mass is 265 g/mol. The number of rotatable bonds is 7. The van der Waals surface area contributed by atoms with Crippen LogP contribution in [0.25, 0.3) is 0 Å². The van der Waals surface area contributed by atoms with Gasteiger partial charge in [-0.3, -0.25) is 4.79 Å². The Morgan fingerprint density at radius 1 is 1.37 bits per heavy atom. The maximum Gasteiger partial charge on any atom is 0.255 e. The highest BCUT2D eigenvalue weighted by molar-refractivity contribution is 5.96. The van der Waals surface area contributed by atoms with Crippen molar-refractivity contribution >= 4 is 5.91 Å². The van der Waals surface area contributed by atoms with Crippen LogP contribution in [0.1, 0.15) is 36.2 Å². The topological polar surface area (TPSA) is 58.6 Å². The summed E-state index contributed by atoms with van der Waals surface area (Å²) in [6.07, 6.45) is 1.02. The first-order chi connectivity index (χ1) is 9.00. The van der Waals surface area contributed by atoms with Crippen LogP contribution in [-0.4, -0.2) is 30.8 Å². The van der Waals surface area contributed by atoms with Crippen LogP contribution < -0.4 is 5.32 Å². The molecule has 0 saturated heterocycles. The fraction of sp³-hybridized carbons (Fsp3) is 0.533. The van der Waals surface area contributed by atoms with Crippen molar-refractivity contribution < 1.29 is 14.6 Å². The number of carbonyl (C=O) groups is 1. The molecule has 0 atom stereocenters. The molecule has 0 saturated carbocycles. The van der Waals surface area contributed by atoms with Gasteiger partial charge in [-0.1, -0.05) is 25.5 Å². The van der Waals surface area contributed by atoms with Crippen LogP contribution in [0.4, 0.5) is 0 Å². The van der Waals surface area contributed by atoms with Crippen LogP contribution in [0.2, 0.25) is 0 Å². The van der Waals surface area contributed by atoms with Crippen LogP contribution in [0.5, 0.6) is 5.75 Å². The van der Waals surface area contributed by atoms with Crippen molar-refractivity contribution in [1.82, 2.24) is 5.32 Å². The number of phenolic OH excluding ortho intramolecular Hbond substituents is 1. The zero-order valence-electron chi connectivity index (χ0n) is 11.9. The van der Waals surface area contributed by atoms with Crippen LogP contribution in [-0.2, 0) is 4.74 Å². The van der Waals surface area contributed by atoms with Gasteiger partial charge >= 0.3 is 0 Å².